The van der Waals surface area contributed by atoms with Gasteiger partial charge in [0.1, 0.15) is 17.3 Å². The molecule has 1 N–H and O–H groups in total. The Bertz CT molecular complexity index is 1610. The molecule has 0 aromatic heterocycles. The molecular formula is C58H108O10. The second kappa shape index (κ2) is 23.6. The fourth-order valence-corrected chi connectivity index (χ4v) is 14.2. The third-order valence-electron chi connectivity index (χ3n) is 18.0. The maximum absolute atomic E-state index is 12.4. The largest absolute Gasteiger partial charge is 0.462 e. The molecule has 2 saturated heterocycles. The molecule has 12 bridgehead atoms. The Balaban J connectivity index is 0.000000490. The number of ether oxygens (including phenoxy) is 5. The van der Waals surface area contributed by atoms with Gasteiger partial charge in [0.15, 0.2) is 6.29 Å². The monoisotopic (exact) mass is 965 g/mol. The van der Waals surface area contributed by atoms with E-state index in [1.807, 2.05) is 69.2 Å². The van der Waals surface area contributed by atoms with Crippen LogP contribution in [-0.4, -0.2) is 64.8 Å². The molecule has 7 atom stereocenters. The minimum Gasteiger partial charge on any atom is -0.462 e. The number of aliphatic hydroxyl groups is 1. The van der Waals surface area contributed by atoms with E-state index in [1.54, 1.807) is 0 Å². The summed E-state index contributed by atoms with van der Waals surface area (Å²) in [6.07, 6.45) is 21.5. The molecule has 400 valence electrons. The Morgan fingerprint density at radius 1 is 0.588 bits per heavy atom. The molecule has 10 heteroatoms. The number of carbonyl (C=O) groups excluding carboxylic acids is 4. The summed E-state index contributed by atoms with van der Waals surface area (Å²) >= 11 is 0. The Morgan fingerprint density at radius 2 is 1.01 bits per heavy atom. The van der Waals surface area contributed by atoms with Gasteiger partial charge >= 0.3 is 23.9 Å². The lowest BCUT2D eigenvalue weighted by Gasteiger charge is -2.59. The van der Waals surface area contributed by atoms with Crippen LogP contribution in [0.1, 0.15) is 249 Å². The van der Waals surface area contributed by atoms with E-state index >= 15 is 0 Å². The molecule has 2 aliphatic heterocycles. The van der Waals surface area contributed by atoms with Gasteiger partial charge in [0.05, 0.1) is 34.4 Å². The van der Waals surface area contributed by atoms with Gasteiger partial charge in [-0.3, -0.25) is 19.2 Å². The normalized spacial score (nSPS) is 36.5. The number of hydrogen-bond donors (Lipinski definition) is 1. The fraction of sp³-hybridized carbons (Fsp3) is 0.931. The third kappa shape index (κ3) is 14.1. The maximum Gasteiger partial charge on any atom is 0.313 e. The van der Waals surface area contributed by atoms with Crippen molar-refractivity contribution in [2.75, 3.05) is 6.61 Å². The molecule has 0 aromatic carbocycles. The van der Waals surface area contributed by atoms with Crippen LogP contribution in [0.3, 0.4) is 0 Å². The van der Waals surface area contributed by atoms with E-state index in [4.69, 9.17) is 23.7 Å². The van der Waals surface area contributed by atoms with Crippen molar-refractivity contribution in [3.8, 4) is 0 Å². The molecule has 0 radical (unpaired) electrons. The van der Waals surface area contributed by atoms with E-state index in [9.17, 15) is 24.3 Å². The van der Waals surface area contributed by atoms with E-state index in [2.05, 4.69) is 0 Å². The summed E-state index contributed by atoms with van der Waals surface area (Å²) in [4.78, 5) is 48.9. The fourth-order valence-electron chi connectivity index (χ4n) is 14.2. The molecule has 12 aliphatic rings. The van der Waals surface area contributed by atoms with E-state index in [1.165, 1.54) is 44.9 Å². The van der Waals surface area contributed by atoms with Crippen molar-refractivity contribution in [1.82, 2.24) is 0 Å². The van der Waals surface area contributed by atoms with Crippen LogP contribution in [0.15, 0.2) is 0 Å². The van der Waals surface area contributed by atoms with E-state index < -0.39 is 33.7 Å². The van der Waals surface area contributed by atoms with Crippen molar-refractivity contribution in [3.05, 3.63) is 0 Å². The van der Waals surface area contributed by atoms with E-state index in [0.717, 1.165) is 95.0 Å². The van der Waals surface area contributed by atoms with Crippen molar-refractivity contribution in [2.24, 2.45) is 63.1 Å². The molecule has 10 nitrogen and oxygen atoms in total. The third-order valence-corrected chi connectivity index (χ3v) is 18.0. The molecule has 68 heavy (non-hydrogen) atoms. The molecular weight excluding hydrogens is 857 g/mol. The van der Waals surface area contributed by atoms with Gasteiger partial charge in [0.2, 0.25) is 0 Å². The SMILES string of the molecule is C.C.C.C.C.C.CCC(C)(C)C(=O)OC(C)OCCC12CC3CC(CC(C3)C1)C2.CCC(C)(C)C(=O)OC12CC3CC(C1)OC(=O)C(C3)C2.CCC(C)(C)C(=O)OC12CC3CC(CC(O)(C3)C1)C2. The second-order valence-corrected chi connectivity index (χ2v) is 24.8. The topological polar surface area (TPSA) is 135 Å². The zero-order chi connectivity index (χ0) is 45.1. The van der Waals surface area contributed by atoms with Crippen molar-refractivity contribution in [1.29, 1.82) is 0 Å². The molecule has 0 spiro atoms. The number of carbonyl (C=O) groups is 4. The lowest BCUT2D eigenvalue weighted by atomic mass is 9.49. The van der Waals surface area contributed by atoms with Crippen LogP contribution < -0.4 is 0 Å². The van der Waals surface area contributed by atoms with Crippen molar-refractivity contribution in [3.63, 3.8) is 0 Å². The van der Waals surface area contributed by atoms with Gasteiger partial charge in [0.25, 0.3) is 0 Å². The van der Waals surface area contributed by atoms with Crippen LogP contribution >= 0.6 is 0 Å². The number of esters is 4. The van der Waals surface area contributed by atoms with Crippen LogP contribution in [0, 0.1) is 63.1 Å². The predicted molar refractivity (Wildman–Crippen MR) is 277 cm³/mol. The Morgan fingerprint density at radius 3 is 1.49 bits per heavy atom. The minimum absolute atomic E-state index is 0. The van der Waals surface area contributed by atoms with Crippen LogP contribution in [0.5, 0.6) is 0 Å². The van der Waals surface area contributed by atoms with Gasteiger partial charge in [-0.15, -0.1) is 0 Å². The first-order valence-corrected chi connectivity index (χ1v) is 25.1. The summed E-state index contributed by atoms with van der Waals surface area (Å²) < 4.78 is 28.8. The molecule has 7 unspecified atom stereocenters. The van der Waals surface area contributed by atoms with Crippen molar-refractivity contribution >= 4 is 23.9 Å². The van der Waals surface area contributed by atoms with Gasteiger partial charge < -0.3 is 28.8 Å². The highest BCUT2D eigenvalue weighted by molar-refractivity contribution is 5.78. The molecule has 2 heterocycles. The first kappa shape index (κ1) is 63.8. The summed E-state index contributed by atoms with van der Waals surface area (Å²) in [5, 5.41) is 10.6. The first-order chi connectivity index (χ1) is 28.9. The number of rotatable bonds is 13. The van der Waals surface area contributed by atoms with Crippen LogP contribution in [0.25, 0.3) is 0 Å². The Labute approximate surface area is 418 Å². The molecule has 12 rings (SSSR count). The standard InChI is InChI=1S/C20H34O3.C16H24O4.C16H26O3.6CH4/c1-5-19(3,4)18(21)23-14(2)22-7-6-20-11-15-8-16(12-20)10-17(9-15)13-20;1-4-15(2,3)14(18)20-16-7-10-5-11(8-16)13(17)19-12(6-10)9-16;1-4-14(2,3)13(17)19-16-8-11-5-12(9-16)7-15(18,6-11)10-16;;;;;;/h14-17H,5-13H2,1-4H3;10-12H,4-9H2,1-3H3;11-12,18H,4-10H2,1-3H3;6*1H4. The lowest BCUT2D eigenvalue weighted by Crippen LogP contribution is -2.61. The summed E-state index contributed by atoms with van der Waals surface area (Å²) in [7, 11) is 0. The smallest absolute Gasteiger partial charge is 0.313 e. The average molecular weight is 965 g/mol. The maximum atomic E-state index is 12.4. The molecule has 0 amide bonds. The van der Waals surface area contributed by atoms with E-state index in [0.29, 0.717) is 42.4 Å². The highest BCUT2D eigenvalue weighted by Crippen LogP contribution is 2.62. The lowest BCUT2D eigenvalue weighted by molar-refractivity contribution is -0.225. The highest BCUT2D eigenvalue weighted by Gasteiger charge is 2.60. The molecule has 10 saturated carbocycles. The first-order valence-electron chi connectivity index (χ1n) is 25.1. The second-order valence-electron chi connectivity index (χ2n) is 24.8. The predicted octanol–water partition coefficient (Wildman–Crippen LogP) is 14.6. The van der Waals surface area contributed by atoms with Gasteiger partial charge in [-0.1, -0.05) is 65.3 Å². The highest BCUT2D eigenvalue weighted by atomic mass is 16.7. The molecule has 12 fully saturated rings. The van der Waals surface area contributed by atoms with E-state index in [-0.39, 0.29) is 86.1 Å². The van der Waals surface area contributed by atoms with Crippen LogP contribution in [0.4, 0.5) is 0 Å². The zero-order valence-corrected chi connectivity index (χ0v) is 40.4. The van der Waals surface area contributed by atoms with Gasteiger partial charge in [-0.2, -0.15) is 0 Å². The summed E-state index contributed by atoms with van der Waals surface area (Å²) in [6, 6.07) is 0. The van der Waals surface area contributed by atoms with Crippen molar-refractivity contribution in [2.45, 2.75) is 278 Å². The Kier molecular flexibility index (Phi) is 22.1. The molecule has 10 aliphatic carbocycles. The van der Waals surface area contributed by atoms with Gasteiger partial charge in [0, 0.05) is 19.3 Å². The summed E-state index contributed by atoms with van der Waals surface area (Å²) in [6.45, 7) is 20.2. The average Bonchev–Trinajstić information content (AvgIpc) is 3.32. The summed E-state index contributed by atoms with van der Waals surface area (Å²) in [5.41, 5.74) is -2.11. The molecule has 0 aromatic rings. The zero-order valence-electron chi connectivity index (χ0n) is 40.4. The number of fused-ring (bicyclic) bond motifs is 1. The van der Waals surface area contributed by atoms with Crippen molar-refractivity contribution < 1.29 is 48.0 Å². The summed E-state index contributed by atoms with van der Waals surface area (Å²) in [5.74, 6) is 4.04. The Hall–Kier alpha value is -2.20. The van der Waals surface area contributed by atoms with Gasteiger partial charge in [-0.25, -0.2) is 0 Å². The van der Waals surface area contributed by atoms with Crippen LogP contribution in [0.2, 0.25) is 0 Å². The van der Waals surface area contributed by atoms with Crippen LogP contribution in [-0.2, 0) is 42.9 Å². The quantitative estimate of drug-likeness (QED) is 0.108. The van der Waals surface area contributed by atoms with Gasteiger partial charge in [-0.05, 0) is 205 Å². The minimum atomic E-state index is -0.555. The number of hydrogen-bond acceptors (Lipinski definition) is 10.